The van der Waals surface area contributed by atoms with Crippen molar-refractivity contribution in [2.45, 2.75) is 57.7 Å². The molecule has 0 saturated heterocycles. The summed E-state index contributed by atoms with van der Waals surface area (Å²) in [5, 5.41) is 24.1. The van der Waals surface area contributed by atoms with Gasteiger partial charge in [-0.3, -0.25) is 4.79 Å². The van der Waals surface area contributed by atoms with Gasteiger partial charge in [-0.25, -0.2) is 9.59 Å². The van der Waals surface area contributed by atoms with E-state index in [1.165, 1.54) is 12.1 Å². The van der Waals surface area contributed by atoms with Crippen LogP contribution in [0.25, 0.3) is 0 Å². The Hall–Kier alpha value is -3.55. The molecule has 2 aromatic rings. The van der Waals surface area contributed by atoms with E-state index in [0.29, 0.717) is 12.0 Å². The van der Waals surface area contributed by atoms with Crippen molar-refractivity contribution >= 4 is 18.0 Å². The molecule has 8 nitrogen and oxygen atoms in total. The van der Waals surface area contributed by atoms with Crippen LogP contribution in [0.4, 0.5) is 4.79 Å². The number of phenols is 1. The molecule has 0 aliphatic heterocycles. The highest BCUT2D eigenvalue weighted by molar-refractivity contribution is 5.89. The zero-order valence-corrected chi connectivity index (χ0v) is 18.5. The number of ether oxygens (including phenoxy) is 1. The van der Waals surface area contributed by atoms with E-state index in [2.05, 4.69) is 10.6 Å². The number of rotatable bonds is 9. The Labute approximate surface area is 187 Å². The molecule has 2 atom stereocenters. The number of aromatic hydroxyl groups is 1. The van der Waals surface area contributed by atoms with E-state index >= 15 is 0 Å². The number of carboxylic acid groups (broad SMARTS) is 1. The van der Waals surface area contributed by atoms with Crippen molar-refractivity contribution in [3.8, 4) is 5.75 Å². The van der Waals surface area contributed by atoms with Gasteiger partial charge in [0.2, 0.25) is 5.91 Å². The minimum Gasteiger partial charge on any atom is -0.508 e. The Morgan fingerprint density at radius 3 is 2.09 bits per heavy atom. The number of amides is 2. The van der Waals surface area contributed by atoms with Gasteiger partial charge in [-0.15, -0.1) is 0 Å². The highest BCUT2D eigenvalue weighted by atomic mass is 16.6. The molecule has 0 spiro atoms. The normalized spacial score (nSPS) is 13.0. The molecule has 0 radical (unpaired) electrons. The van der Waals surface area contributed by atoms with Gasteiger partial charge in [0.05, 0.1) is 0 Å². The van der Waals surface area contributed by atoms with Crippen LogP contribution in [0.15, 0.2) is 54.6 Å². The molecule has 2 aromatic carbocycles. The van der Waals surface area contributed by atoms with Crippen LogP contribution < -0.4 is 10.6 Å². The summed E-state index contributed by atoms with van der Waals surface area (Å²) < 4.78 is 5.26. The Morgan fingerprint density at radius 1 is 0.906 bits per heavy atom. The lowest BCUT2D eigenvalue weighted by atomic mass is 10.0. The van der Waals surface area contributed by atoms with Crippen LogP contribution in [-0.4, -0.2) is 45.9 Å². The van der Waals surface area contributed by atoms with Gasteiger partial charge in [0, 0.05) is 6.42 Å². The molecular weight excluding hydrogens is 412 g/mol. The average molecular weight is 443 g/mol. The molecule has 2 rings (SSSR count). The second-order valence-corrected chi connectivity index (χ2v) is 8.49. The SMILES string of the molecule is CC(C)(C)OC(=O)NC(CCc1ccccc1)C(=O)N[C@@H](Cc1ccc(O)cc1)C(=O)O. The van der Waals surface area contributed by atoms with Gasteiger partial charge >= 0.3 is 12.1 Å². The number of aliphatic carboxylic acids is 1. The number of hydrogen-bond donors (Lipinski definition) is 4. The summed E-state index contributed by atoms with van der Waals surface area (Å²) >= 11 is 0. The van der Waals surface area contributed by atoms with Crippen LogP contribution >= 0.6 is 0 Å². The van der Waals surface area contributed by atoms with Crippen molar-refractivity contribution in [1.29, 1.82) is 0 Å². The fourth-order valence-electron chi connectivity index (χ4n) is 3.01. The lowest BCUT2D eigenvalue weighted by Crippen LogP contribution is -2.53. The zero-order chi connectivity index (χ0) is 23.7. The number of phenolic OH excluding ortho intramolecular Hbond substituents is 1. The van der Waals surface area contributed by atoms with E-state index in [9.17, 15) is 24.6 Å². The van der Waals surface area contributed by atoms with Crippen molar-refractivity contribution in [3.05, 3.63) is 65.7 Å². The maximum absolute atomic E-state index is 12.9. The van der Waals surface area contributed by atoms with Gasteiger partial charge in [0.15, 0.2) is 0 Å². The standard InChI is InChI=1S/C24H30N2O6/c1-24(2,3)32-23(31)26-19(14-11-16-7-5-4-6-8-16)21(28)25-20(22(29)30)15-17-9-12-18(27)13-10-17/h4-10,12-13,19-20,27H,11,14-15H2,1-3H3,(H,25,28)(H,26,31)(H,29,30)/t19?,20-/m0/s1. The molecule has 0 aliphatic rings. The zero-order valence-electron chi connectivity index (χ0n) is 18.5. The number of alkyl carbamates (subject to hydrolysis) is 1. The Kier molecular flexibility index (Phi) is 8.63. The molecule has 32 heavy (non-hydrogen) atoms. The first-order valence-electron chi connectivity index (χ1n) is 10.4. The molecule has 1 unspecified atom stereocenters. The Morgan fingerprint density at radius 2 is 1.53 bits per heavy atom. The third kappa shape index (κ3) is 8.67. The van der Waals surface area contributed by atoms with Crippen molar-refractivity contribution in [2.24, 2.45) is 0 Å². The maximum atomic E-state index is 12.9. The molecule has 0 saturated carbocycles. The molecule has 0 aromatic heterocycles. The summed E-state index contributed by atoms with van der Waals surface area (Å²) in [6, 6.07) is 13.3. The van der Waals surface area contributed by atoms with Crippen molar-refractivity contribution < 1.29 is 29.3 Å². The van der Waals surface area contributed by atoms with E-state index in [-0.39, 0.29) is 18.6 Å². The predicted molar refractivity (Wildman–Crippen MR) is 119 cm³/mol. The fraction of sp³-hybridized carbons (Fsp3) is 0.375. The van der Waals surface area contributed by atoms with Gasteiger partial charge in [0.1, 0.15) is 23.4 Å². The topological polar surface area (TPSA) is 125 Å². The third-order valence-corrected chi connectivity index (χ3v) is 4.56. The Balaban J connectivity index is 2.11. The summed E-state index contributed by atoms with van der Waals surface area (Å²) in [6.07, 6.45) is 0.0423. The van der Waals surface area contributed by atoms with Gasteiger partial charge in [-0.1, -0.05) is 42.5 Å². The van der Waals surface area contributed by atoms with E-state index < -0.39 is 35.7 Å². The molecule has 0 aliphatic carbocycles. The summed E-state index contributed by atoms with van der Waals surface area (Å²) in [5.74, 6) is -1.75. The largest absolute Gasteiger partial charge is 0.508 e. The number of aryl methyl sites for hydroxylation is 1. The van der Waals surface area contributed by atoms with E-state index in [0.717, 1.165) is 5.56 Å². The molecule has 172 valence electrons. The highest BCUT2D eigenvalue weighted by Gasteiger charge is 2.28. The summed E-state index contributed by atoms with van der Waals surface area (Å²) in [6.45, 7) is 5.14. The lowest BCUT2D eigenvalue weighted by Gasteiger charge is -2.24. The molecule has 2 amide bonds. The van der Waals surface area contributed by atoms with Crippen LogP contribution in [0.2, 0.25) is 0 Å². The number of carbonyl (C=O) groups is 3. The van der Waals surface area contributed by atoms with Gasteiger partial charge in [0.25, 0.3) is 0 Å². The molecule has 8 heteroatoms. The second-order valence-electron chi connectivity index (χ2n) is 8.49. The van der Waals surface area contributed by atoms with Gasteiger partial charge in [-0.05, 0) is 56.9 Å². The minimum absolute atomic E-state index is 0.0270. The number of carbonyl (C=O) groups excluding carboxylic acids is 2. The highest BCUT2D eigenvalue weighted by Crippen LogP contribution is 2.13. The summed E-state index contributed by atoms with van der Waals surface area (Å²) in [7, 11) is 0. The summed E-state index contributed by atoms with van der Waals surface area (Å²) in [4.78, 5) is 37.0. The van der Waals surface area contributed by atoms with E-state index in [1.807, 2.05) is 30.3 Å². The van der Waals surface area contributed by atoms with Crippen LogP contribution in [0, 0.1) is 0 Å². The molecular formula is C24H30N2O6. The van der Waals surface area contributed by atoms with E-state index in [4.69, 9.17) is 4.74 Å². The van der Waals surface area contributed by atoms with Crippen LogP contribution in [0.5, 0.6) is 5.75 Å². The second kappa shape index (κ2) is 11.2. The molecule has 0 fully saturated rings. The minimum atomic E-state index is -1.20. The smallest absolute Gasteiger partial charge is 0.408 e. The number of benzene rings is 2. The van der Waals surface area contributed by atoms with Gasteiger partial charge in [-0.2, -0.15) is 0 Å². The van der Waals surface area contributed by atoms with Gasteiger partial charge < -0.3 is 25.6 Å². The van der Waals surface area contributed by atoms with E-state index in [1.54, 1.807) is 32.9 Å². The van der Waals surface area contributed by atoms with Crippen molar-refractivity contribution in [2.75, 3.05) is 0 Å². The van der Waals surface area contributed by atoms with Crippen molar-refractivity contribution in [3.63, 3.8) is 0 Å². The monoisotopic (exact) mass is 442 g/mol. The van der Waals surface area contributed by atoms with Crippen LogP contribution in [-0.2, 0) is 27.2 Å². The molecule has 0 heterocycles. The first kappa shape index (κ1) is 24.7. The van der Waals surface area contributed by atoms with Crippen LogP contribution in [0.3, 0.4) is 0 Å². The average Bonchev–Trinajstić information content (AvgIpc) is 2.71. The molecule has 4 N–H and O–H groups in total. The number of nitrogens with one attached hydrogen (secondary N) is 2. The molecule has 0 bridgehead atoms. The maximum Gasteiger partial charge on any atom is 0.408 e. The van der Waals surface area contributed by atoms with Crippen molar-refractivity contribution in [1.82, 2.24) is 10.6 Å². The fourth-order valence-corrected chi connectivity index (χ4v) is 3.01. The first-order valence-corrected chi connectivity index (χ1v) is 10.4. The number of carboxylic acids is 1. The first-order chi connectivity index (χ1) is 15.0. The third-order valence-electron chi connectivity index (χ3n) is 4.56. The number of hydrogen-bond acceptors (Lipinski definition) is 5. The summed E-state index contributed by atoms with van der Waals surface area (Å²) in [5.41, 5.74) is 0.874. The Bertz CT molecular complexity index is 906. The lowest BCUT2D eigenvalue weighted by molar-refractivity contribution is -0.142. The predicted octanol–water partition coefficient (Wildman–Crippen LogP) is 3.03. The quantitative estimate of drug-likeness (QED) is 0.473. The van der Waals surface area contributed by atoms with Crippen LogP contribution in [0.1, 0.15) is 38.3 Å².